The molecule has 5 nitrogen and oxygen atoms in total. The molecule has 0 unspecified atom stereocenters. The van der Waals surface area contributed by atoms with Gasteiger partial charge in [0.2, 0.25) is 0 Å². The smallest absolute Gasteiger partial charge is 0.407 e. The molecule has 3 rings (SSSR count). The van der Waals surface area contributed by atoms with Crippen molar-refractivity contribution in [1.82, 2.24) is 5.32 Å². The van der Waals surface area contributed by atoms with Crippen LogP contribution < -0.4 is 16.0 Å². The number of nitrogens with one attached hydrogen (secondary N) is 1. The summed E-state index contributed by atoms with van der Waals surface area (Å²) < 4.78 is 18.8. The Labute approximate surface area is 97.3 Å². The van der Waals surface area contributed by atoms with E-state index in [9.17, 15) is 9.18 Å². The topological polar surface area (TPSA) is 67.6 Å². The summed E-state index contributed by atoms with van der Waals surface area (Å²) in [6, 6.07) is 4.54. The molecule has 2 aliphatic rings. The van der Waals surface area contributed by atoms with Crippen molar-refractivity contribution in [2.75, 3.05) is 23.7 Å². The van der Waals surface area contributed by atoms with E-state index in [0.29, 0.717) is 24.5 Å². The predicted octanol–water partition coefficient (Wildman–Crippen LogP) is 0.705. The largest absolute Gasteiger partial charge is 0.442 e. The SMILES string of the molecule is Nc1ccc(N2C[C@@H]3OC(=O)N[C@@H]3C2)c(F)c1. The average Bonchev–Trinajstić information content (AvgIpc) is 2.74. The van der Waals surface area contributed by atoms with Crippen LogP contribution in [0.25, 0.3) is 0 Å². The summed E-state index contributed by atoms with van der Waals surface area (Å²) >= 11 is 0. The van der Waals surface area contributed by atoms with Gasteiger partial charge >= 0.3 is 6.09 Å². The van der Waals surface area contributed by atoms with Crippen LogP contribution in [0.1, 0.15) is 0 Å². The minimum Gasteiger partial charge on any atom is -0.442 e. The molecule has 2 heterocycles. The fourth-order valence-electron chi connectivity index (χ4n) is 2.33. The van der Waals surface area contributed by atoms with Gasteiger partial charge in [-0.15, -0.1) is 0 Å². The van der Waals surface area contributed by atoms with Crippen molar-refractivity contribution in [2.24, 2.45) is 0 Å². The molecule has 1 aromatic carbocycles. The van der Waals surface area contributed by atoms with E-state index < -0.39 is 6.09 Å². The number of amides is 1. The van der Waals surface area contributed by atoms with Crippen molar-refractivity contribution < 1.29 is 13.9 Å². The van der Waals surface area contributed by atoms with Crippen LogP contribution in [0.2, 0.25) is 0 Å². The number of benzene rings is 1. The molecule has 2 atom stereocenters. The molecule has 2 aliphatic heterocycles. The molecular weight excluding hydrogens is 225 g/mol. The van der Waals surface area contributed by atoms with Crippen molar-refractivity contribution in [2.45, 2.75) is 12.1 Å². The maximum Gasteiger partial charge on any atom is 0.407 e. The third-order valence-electron chi connectivity index (χ3n) is 3.14. The molecule has 17 heavy (non-hydrogen) atoms. The predicted molar refractivity (Wildman–Crippen MR) is 60.2 cm³/mol. The molecule has 6 heteroatoms. The van der Waals surface area contributed by atoms with Crippen LogP contribution in [0.15, 0.2) is 18.2 Å². The zero-order chi connectivity index (χ0) is 12.0. The molecular formula is C11H12FN3O2. The van der Waals surface area contributed by atoms with Gasteiger partial charge in [0.25, 0.3) is 0 Å². The molecule has 2 fully saturated rings. The zero-order valence-electron chi connectivity index (χ0n) is 9.02. The number of nitrogens with zero attached hydrogens (tertiary/aromatic N) is 1. The van der Waals surface area contributed by atoms with Crippen molar-refractivity contribution in [3.8, 4) is 0 Å². The number of alkyl carbamates (subject to hydrolysis) is 1. The standard InChI is InChI=1S/C11H12FN3O2/c12-7-3-6(13)1-2-9(7)15-4-8-10(5-15)17-11(16)14-8/h1-3,8,10H,4-5,13H2,(H,14,16)/t8-,10+/m1/s1. The Morgan fingerprint density at radius 3 is 3.00 bits per heavy atom. The Morgan fingerprint density at radius 2 is 2.29 bits per heavy atom. The summed E-state index contributed by atoms with van der Waals surface area (Å²) in [6.45, 7) is 1.06. The normalized spacial score (nSPS) is 26.6. The molecule has 90 valence electrons. The fraction of sp³-hybridized carbons (Fsp3) is 0.364. The van der Waals surface area contributed by atoms with Gasteiger partial charge in [-0.05, 0) is 18.2 Å². The third kappa shape index (κ3) is 1.65. The number of nitrogen functional groups attached to an aromatic ring is 1. The first-order chi connectivity index (χ1) is 8.13. The Morgan fingerprint density at radius 1 is 1.47 bits per heavy atom. The van der Waals surface area contributed by atoms with Crippen LogP contribution in [0, 0.1) is 5.82 Å². The van der Waals surface area contributed by atoms with Gasteiger partial charge in [0.15, 0.2) is 0 Å². The Balaban J connectivity index is 1.81. The molecule has 0 bridgehead atoms. The highest BCUT2D eigenvalue weighted by Crippen LogP contribution is 2.28. The number of carbonyl (C=O) groups excluding carboxylic acids is 1. The molecule has 0 aromatic heterocycles. The second kappa shape index (κ2) is 3.51. The summed E-state index contributed by atoms with van der Waals surface area (Å²) in [4.78, 5) is 12.8. The first kappa shape index (κ1) is 10.2. The van der Waals surface area contributed by atoms with Gasteiger partial charge in [-0.1, -0.05) is 0 Å². The van der Waals surface area contributed by atoms with E-state index in [1.54, 1.807) is 12.1 Å². The molecule has 3 N–H and O–H groups in total. The lowest BCUT2D eigenvalue weighted by Crippen LogP contribution is -2.32. The Bertz CT molecular complexity index is 464. The van der Waals surface area contributed by atoms with Crippen LogP contribution in [0.3, 0.4) is 0 Å². The molecule has 2 saturated heterocycles. The molecule has 1 aromatic rings. The highest BCUT2D eigenvalue weighted by atomic mass is 19.1. The van der Waals surface area contributed by atoms with Crippen molar-refractivity contribution in [3.05, 3.63) is 24.0 Å². The van der Waals surface area contributed by atoms with Gasteiger partial charge in [-0.2, -0.15) is 0 Å². The summed E-state index contributed by atoms with van der Waals surface area (Å²) in [5.41, 5.74) is 6.39. The Hall–Kier alpha value is -1.98. The highest BCUT2D eigenvalue weighted by molar-refractivity contribution is 5.71. The van der Waals surface area contributed by atoms with E-state index in [2.05, 4.69) is 5.32 Å². The number of hydrogen-bond donors (Lipinski definition) is 2. The van der Waals surface area contributed by atoms with E-state index in [4.69, 9.17) is 10.5 Å². The molecule has 0 saturated carbocycles. The number of halogens is 1. The minimum atomic E-state index is -0.391. The van der Waals surface area contributed by atoms with E-state index in [-0.39, 0.29) is 18.0 Å². The highest BCUT2D eigenvalue weighted by Gasteiger charge is 2.42. The lowest BCUT2D eigenvalue weighted by atomic mass is 10.2. The number of ether oxygens (including phenoxy) is 1. The molecule has 1 amide bonds. The lowest BCUT2D eigenvalue weighted by Gasteiger charge is -2.19. The fourth-order valence-corrected chi connectivity index (χ4v) is 2.33. The second-order valence-electron chi connectivity index (χ2n) is 4.31. The molecule has 0 aliphatic carbocycles. The Kier molecular flexibility index (Phi) is 2.10. The van der Waals surface area contributed by atoms with Crippen LogP contribution in [-0.4, -0.2) is 31.3 Å². The minimum absolute atomic E-state index is 0.0561. The average molecular weight is 237 g/mol. The van der Waals surface area contributed by atoms with Gasteiger partial charge in [0.05, 0.1) is 18.3 Å². The van der Waals surface area contributed by atoms with Crippen molar-refractivity contribution in [3.63, 3.8) is 0 Å². The van der Waals surface area contributed by atoms with Gasteiger partial charge in [-0.25, -0.2) is 9.18 Å². The summed E-state index contributed by atoms with van der Waals surface area (Å²) in [7, 11) is 0. The maximum atomic E-state index is 13.7. The van der Waals surface area contributed by atoms with E-state index in [1.165, 1.54) is 6.07 Å². The van der Waals surface area contributed by atoms with Crippen LogP contribution in [0.4, 0.5) is 20.6 Å². The number of rotatable bonds is 1. The number of nitrogens with two attached hydrogens (primary N) is 1. The van der Waals surface area contributed by atoms with Gasteiger partial charge in [0, 0.05) is 12.2 Å². The van der Waals surface area contributed by atoms with E-state index >= 15 is 0 Å². The van der Waals surface area contributed by atoms with Crippen molar-refractivity contribution >= 4 is 17.5 Å². The lowest BCUT2D eigenvalue weighted by molar-refractivity contribution is 0.144. The first-order valence-corrected chi connectivity index (χ1v) is 5.40. The number of anilines is 2. The zero-order valence-corrected chi connectivity index (χ0v) is 9.02. The van der Waals surface area contributed by atoms with Crippen LogP contribution in [-0.2, 0) is 4.74 Å². The van der Waals surface area contributed by atoms with Gasteiger partial charge < -0.3 is 20.7 Å². The van der Waals surface area contributed by atoms with Gasteiger partial charge in [0.1, 0.15) is 11.9 Å². The maximum absolute atomic E-state index is 13.7. The monoisotopic (exact) mass is 237 g/mol. The number of fused-ring (bicyclic) bond motifs is 1. The summed E-state index contributed by atoms with van der Waals surface area (Å²) in [5.74, 6) is -0.351. The van der Waals surface area contributed by atoms with Gasteiger partial charge in [-0.3, -0.25) is 0 Å². The number of carbonyl (C=O) groups is 1. The summed E-state index contributed by atoms with van der Waals surface area (Å²) in [6.07, 6.45) is -0.586. The second-order valence-corrected chi connectivity index (χ2v) is 4.31. The van der Waals surface area contributed by atoms with Crippen molar-refractivity contribution in [1.29, 1.82) is 0 Å². The van der Waals surface area contributed by atoms with Crippen LogP contribution in [0.5, 0.6) is 0 Å². The quantitative estimate of drug-likeness (QED) is 0.706. The van der Waals surface area contributed by atoms with Crippen LogP contribution >= 0.6 is 0 Å². The summed E-state index contributed by atoms with van der Waals surface area (Å²) in [5, 5.41) is 2.70. The van der Waals surface area contributed by atoms with E-state index in [0.717, 1.165) is 0 Å². The van der Waals surface area contributed by atoms with E-state index in [1.807, 2.05) is 4.90 Å². The molecule has 0 radical (unpaired) electrons. The number of hydrogen-bond acceptors (Lipinski definition) is 4. The molecule has 0 spiro atoms. The first-order valence-electron chi connectivity index (χ1n) is 5.40. The third-order valence-corrected chi connectivity index (χ3v) is 3.14.